The Hall–Kier alpha value is -0.720. The van der Waals surface area contributed by atoms with Crippen molar-refractivity contribution < 1.29 is 0 Å². The van der Waals surface area contributed by atoms with Crippen molar-refractivity contribution in [3.05, 3.63) is 24.0 Å². The third-order valence-electron chi connectivity index (χ3n) is 3.41. The zero-order valence-electron chi connectivity index (χ0n) is 11.0. The molecule has 0 aliphatic rings. The Kier molecular flexibility index (Phi) is 7.03. The lowest BCUT2D eigenvalue weighted by Gasteiger charge is -2.15. The molecule has 1 aromatic heterocycles. The molecule has 0 amide bonds. The molecule has 16 heavy (non-hydrogen) atoms. The smallest absolute Gasteiger partial charge is 0.00401 e. The van der Waals surface area contributed by atoms with Crippen LogP contribution < -0.4 is 0 Å². The maximum absolute atomic E-state index is 3.19. The number of hydrogen-bond acceptors (Lipinski definition) is 0. The Morgan fingerprint density at radius 1 is 1.00 bits per heavy atom. The first-order valence-corrected chi connectivity index (χ1v) is 7.01. The lowest BCUT2D eigenvalue weighted by atomic mass is 9.90. The van der Waals surface area contributed by atoms with Crippen molar-refractivity contribution in [2.45, 2.75) is 71.1 Å². The summed E-state index contributed by atoms with van der Waals surface area (Å²) in [5.74, 6) is 0.794. The van der Waals surface area contributed by atoms with E-state index in [0.29, 0.717) is 0 Å². The normalized spacial score (nSPS) is 12.9. The second-order valence-corrected chi connectivity index (χ2v) is 4.83. The molecule has 92 valence electrons. The Morgan fingerprint density at radius 2 is 1.75 bits per heavy atom. The molecule has 0 saturated carbocycles. The zero-order valence-corrected chi connectivity index (χ0v) is 11.0. The highest BCUT2D eigenvalue weighted by Crippen LogP contribution is 2.27. The number of nitrogens with one attached hydrogen (secondary N) is 1. The zero-order chi connectivity index (χ0) is 11.6. The third-order valence-corrected chi connectivity index (χ3v) is 3.41. The fourth-order valence-corrected chi connectivity index (χ4v) is 2.34. The molecule has 1 heterocycles. The minimum atomic E-state index is 0.794. The van der Waals surface area contributed by atoms with Crippen LogP contribution in [0.5, 0.6) is 0 Å². The number of aromatic amines is 1. The van der Waals surface area contributed by atoms with Crippen LogP contribution in [0.1, 0.15) is 76.7 Å². The maximum Gasteiger partial charge on any atom is 0.00401 e. The summed E-state index contributed by atoms with van der Waals surface area (Å²) in [5, 5.41) is 0. The van der Waals surface area contributed by atoms with E-state index in [0.717, 1.165) is 5.92 Å². The van der Waals surface area contributed by atoms with Crippen molar-refractivity contribution in [3.63, 3.8) is 0 Å². The van der Waals surface area contributed by atoms with E-state index in [1.165, 1.54) is 56.9 Å². The highest BCUT2D eigenvalue weighted by atomic mass is 14.6. The van der Waals surface area contributed by atoms with E-state index in [4.69, 9.17) is 0 Å². The van der Waals surface area contributed by atoms with Gasteiger partial charge < -0.3 is 4.98 Å². The second kappa shape index (κ2) is 8.43. The molecule has 1 rings (SSSR count). The van der Waals surface area contributed by atoms with E-state index in [2.05, 4.69) is 37.3 Å². The molecule has 1 N–H and O–H groups in total. The number of unbranched alkanes of at least 4 members (excludes halogenated alkanes) is 4. The molecule has 0 aliphatic carbocycles. The van der Waals surface area contributed by atoms with Crippen LogP contribution in [0, 0.1) is 0 Å². The molecule has 0 aliphatic heterocycles. The van der Waals surface area contributed by atoms with Crippen LogP contribution >= 0.6 is 0 Å². The Labute approximate surface area is 101 Å². The molecule has 1 unspecified atom stereocenters. The average Bonchev–Trinajstić information content (AvgIpc) is 2.82. The Bertz CT molecular complexity index is 238. The molecule has 0 radical (unpaired) electrons. The van der Waals surface area contributed by atoms with Gasteiger partial charge in [0.2, 0.25) is 0 Å². The van der Waals surface area contributed by atoms with Crippen LogP contribution in [-0.2, 0) is 0 Å². The first-order chi connectivity index (χ1) is 7.88. The minimum absolute atomic E-state index is 0.794. The molecule has 0 fully saturated rings. The summed E-state index contributed by atoms with van der Waals surface area (Å²) < 4.78 is 0. The van der Waals surface area contributed by atoms with Gasteiger partial charge in [-0.15, -0.1) is 0 Å². The highest BCUT2D eigenvalue weighted by molar-refractivity contribution is 5.14. The van der Waals surface area contributed by atoms with Gasteiger partial charge in [-0.05, 0) is 30.4 Å². The van der Waals surface area contributed by atoms with E-state index in [1.54, 1.807) is 0 Å². The van der Waals surface area contributed by atoms with Crippen LogP contribution in [0.25, 0.3) is 0 Å². The van der Waals surface area contributed by atoms with E-state index >= 15 is 0 Å². The Morgan fingerprint density at radius 3 is 2.38 bits per heavy atom. The summed E-state index contributed by atoms with van der Waals surface area (Å²) in [7, 11) is 0. The predicted octanol–water partition coefficient (Wildman–Crippen LogP) is 5.26. The molecule has 0 bridgehead atoms. The van der Waals surface area contributed by atoms with Crippen molar-refractivity contribution >= 4 is 0 Å². The fraction of sp³-hybridized carbons (Fsp3) is 0.733. The quantitative estimate of drug-likeness (QED) is 0.547. The van der Waals surface area contributed by atoms with Crippen LogP contribution in [0.15, 0.2) is 18.5 Å². The van der Waals surface area contributed by atoms with E-state index in [1.807, 2.05) is 0 Å². The third kappa shape index (κ3) is 4.87. The first kappa shape index (κ1) is 13.3. The summed E-state index contributed by atoms with van der Waals surface area (Å²) in [6, 6.07) is 2.25. The molecule has 0 spiro atoms. The SMILES string of the molecule is CCCCCCC(CCCC)c1cc[nH]c1. The molecular weight excluding hydrogens is 194 g/mol. The van der Waals surface area contributed by atoms with Crippen LogP contribution in [0.4, 0.5) is 0 Å². The van der Waals surface area contributed by atoms with Crippen molar-refractivity contribution in [3.8, 4) is 0 Å². The van der Waals surface area contributed by atoms with Crippen LogP contribution in [-0.4, -0.2) is 4.98 Å². The van der Waals surface area contributed by atoms with Gasteiger partial charge in [0.1, 0.15) is 0 Å². The van der Waals surface area contributed by atoms with Gasteiger partial charge in [-0.1, -0.05) is 52.4 Å². The van der Waals surface area contributed by atoms with Crippen LogP contribution in [0.3, 0.4) is 0 Å². The lowest BCUT2D eigenvalue weighted by molar-refractivity contribution is 0.509. The van der Waals surface area contributed by atoms with Crippen molar-refractivity contribution in [1.29, 1.82) is 0 Å². The minimum Gasteiger partial charge on any atom is -0.367 e. The predicted molar refractivity (Wildman–Crippen MR) is 71.8 cm³/mol. The summed E-state index contributed by atoms with van der Waals surface area (Å²) in [6.45, 7) is 4.56. The van der Waals surface area contributed by atoms with Gasteiger partial charge in [0.05, 0.1) is 0 Å². The number of H-pyrrole nitrogens is 1. The van der Waals surface area contributed by atoms with E-state index in [9.17, 15) is 0 Å². The van der Waals surface area contributed by atoms with Crippen LogP contribution in [0.2, 0.25) is 0 Å². The van der Waals surface area contributed by atoms with Crippen molar-refractivity contribution in [2.24, 2.45) is 0 Å². The summed E-state index contributed by atoms with van der Waals surface area (Å²) in [4.78, 5) is 3.19. The van der Waals surface area contributed by atoms with Crippen molar-refractivity contribution in [1.82, 2.24) is 4.98 Å². The lowest BCUT2D eigenvalue weighted by Crippen LogP contribution is -1.98. The number of aromatic nitrogens is 1. The monoisotopic (exact) mass is 221 g/mol. The standard InChI is InChI=1S/C15H27N/c1-3-5-7-8-10-14(9-6-4-2)15-11-12-16-13-15/h11-14,16H,3-10H2,1-2H3. The molecule has 0 aromatic carbocycles. The Balaban J connectivity index is 2.32. The molecule has 0 saturated heterocycles. The molecule has 1 atom stereocenters. The van der Waals surface area contributed by atoms with Gasteiger partial charge in [-0.2, -0.15) is 0 Å². The number of rotatable bonds is 9. The fourth-order valence-electron chi connectivity index (χ4n) is 2.34. The average molecular weight is 221 g/mol. The molecule has 1 nitrogen and oxygen atoms in total. The van der Waals surface area contributed by atoms with Gasteiger partial charge in [0.25, 0.3) is 0 Å². The van der Waals surface area contributed by atoms with Gasteiger partial charge in [-0.3, -0.25) is 0 Å². The molecule has 1 aromatic rings. The summed E-state index contributed by atoms with van der Waals surface area (Å²) in [5.41, 5.74) is 1.52. The second-order valence-electron chi connectivity index (χ2n) is 4.83. The van der Waals surface area contributed by atoms with Gasteiger partial charge >= 0.3 is 0 Å². The topological polar surface area (TPSA) is 15.8 Å². The van der Waals surface area contributed by atoms with E-state index < -0.39 is 0 Å². The van der Waals surface area contributed by atoms with Crippen molar-refractivity contribution in [2.75, 3.05) is 0 Å². The van der Waals surface area contributed by atoms with E-state index in [-0.39, 0.29) is 0 Å². The summed E-state index contributed by atoms with van der Waals surface area (Å²) in [6.07, 6.45) is 15.2. The van der Waals surface area contributed by atoms with Gasteiger partial charge in [-0.25, -0.2) is 0 Å². The maximum atomic E-state index is 3.19. The molecule has 1 heteroatoms. The first-order valence-electron chi connectivity index (χ1n) is 7.01. The largest absolute Gasteiger partial charge is 0.367 e. The number of hydrogen-bond donors (Lipinski definition) is 1. The van der Waals surface area contributed by atoms with Gasteiger partial charge in [0, 0.05) is 12.4 Å². The highest BCUT2D eigenvalue weighted by Gasteiger charge is 2.10. The van der Waals surface area contributed by atoms with Gasteiger partial charge in [0.15, 0.2) is 0 Å². The molecular formula is C15H27N. The summed E-state index contributed by atoms with van der Waals surface area (Å²) >= 11 is 0.